The molecule has 0 aliphatic carbocycles. The van der Waals surface area contributed by atoms with Crippen molar-refractivity contribution in [1.82, 2.24) is 45.2 Å². The number of anilines is 2. The molecule has 5 aromatic rings. The summed E-state index contributed by atoms with van der Waals surface area (Å²) in [5.41, 5.74) is 2.75. The number of hydrogen-bond acceptors (Lipinski definition) is 11. The van der Waals surface area contributed by atoms with Gasteiger partial charge in [-0.3, -0.25) is 18.8 Å². The third kappa shape index (κ3) is 10.2. The van der Waals surface area contributed by atoms with Gasteiger partial charge in [-0.25, -0.2) is 24.3 Å². The van der Waals surface area contributed by atoms with Gasteiger partial charge in [-0.1, -0.05) is 6.92 Å². The number of carboxylic acid groups (broad SMARTS) is 1. The van der Waals surface area contributed by atoms with Crippen molar-refractivity contribution >= 4 is 35.4 Å². The summed E-state index contributed by atoms with van der Waals surface area (Å²) in [6.45, 7) is 7.93. The van der Waals surface area contributed by atoms with E-state index >= 15 is 8.78 Å². The molecule has 15 nitrogen and oxygen atoms in total. The number of amides is 2. The Bertz CT molecular complexity index is 2140. The van der Waals surface area contributed by atoms with Crippen LogP contribution in [0.1, 0.15) is 48.5 Å². The third-order valence-electron chi connectivity index (χ3n) is 10.1. The van der Waals surface area contributed by atoms with E-state index in [-0.39, 0.29) is 41.5 Å². The summed E-state index contributed by atoms with van der Waals surface area (Å²) in [7, 11) is 0. The fourth-order valence-corrected chi connectivity index (χ4v) is 7.13. The average Bonchev–Trinajstić information content (AvgIpc) is 3.91. The highest BCUT2D eigenvalue weighted by Crippen LogP contribution is 2.33. The van der Waals surface area contributed by atoms with Crippen LogP contribution in [-0.2, 0) is 16.0 Å². The molecule has 0 saturated carbocycles. The Hall–Kier alpha value is -6.07. The molecule has 0 bridgehead atoms. The van der Waals surface area contributed by atoms with E-state index in [4.69, 9.17) is 14.6 Å². The molecule has 2 fully saturated rings. The van der Waals surface area contributed by atoms with E-state index in [9.17, 15) is 9.59 Å². The average molecular weight is 785 g/mol. The number of nitrogens with zero attached hydrogens (tertiary/aromatic N) is 6. The fourth-order valence-electron chi connectivity index (χ4n) is 7.13. The number of rotatable bonds is 14. The Balaban J connectivity index is 0.00000177. The summed E-state index contributed by atoms with van der Waals surface area (Å²) < 4.78 is 37.3. The van der Waals surface area contributed by atoms with Crippen molar-refractivity contribution in [3.05, 3.63) is 90.1 Å². The molecule has 57 heavy (non-hydrogen) atoms. The van der Waals surface area contributed by atoms with Crippen molar-refractivity contribution in [2.75, 3.05) is 51.1 Å². The first-order chi connectivity index (χ1) is 27.8. The van der Waals surface area contributed by atoms with E-state index in [0.717, 1.165) is 57.0 Å². The van der Waals surface area contributed by atoms with Gasteiger partial charge in [0.15, 0.2) is 23.0 Å². The quantitative estimate of drug-likeness (QED) is 0.0765. The number of fused-ring (bicyclic) bond motifs is 1. The normalized spacial score (nSPS) is 15.7. The second-order valence-electron chi connectivity index (χ2n) is 13.8. The number of nitrogens with one attached hydrogen (secondary N) is 4. The molecule has 2 saturated heterocycles. The molecule has 2 aromatic carbocycles. The number of imidazole rings is 1. The van der Waals surface area contributed by atoms with Crippen LogP contribution < -0.4 is 26.0 Å². The van der Waals surface area contributed by atoms with Gasteiger partial charge in [0.25, 0.3) is 12.4 Å². The molecule has 7 rings (SSSR count). The van der Waals surface area contributed by atoms with Crippen LogP contribution in [-0.4, -0.2) is 98.4 Å². The molecule has 1 atom stereocenters. The lowest BCUT2D eigenvalue weighted by Crippen LogP contribution is -2.42. The molecule has 17 heteroatoms. The van der Waals surface area contributed by atoms with E-state index in [1.54, 1.807) is 28.8 Å². The van der Waals surface area contributed by atoms with E-state index in [2.05, 4.69) is 46.1 Å². The van der Waals surface area contributed by atoms with Crippen molar-refractivity contribution in [2.45, 2.75) is 39.0 Å². The van der Waals surface area contributed by atoms with Crippen LogP contribution in [0.15, 0.2) is 67.4 Å². The summed E-state index contributed by atoms with van der Waals surface area (Å²) >= 11 is 0. The van der Waals surface area contributed by atoms with Gasteiger partial charge in [-0.2, -0.15) is 4.39 Å². The van der Waals surface area contributed by atoms with Crippen molar-refractivity contribution in [3.63, 3.8) is 0 Å². The van der Waals surface area contributed by atoms with Crippen molar-refractivity contribution < 1.29 is 33.0 Å². The lowest BCUT2D eigenvalue weighted by atomic mass is 9.95. The first kappa shape index (κ1) is 40.6. The predicted molar refractivity (Wildman–Crippen MR) is 208 cm³/mol. The first-order valence-electron chi connectivity index (χ1n) is 19.0. The zero-order valence-electron chi connectivity index (χ0n) is 31.6. The van der Waals surface area contributed by atoms with Crippen LogP contribution in [0.25, 0.3) is 16.9 Å². The lowest BCUT2D eigenvalue weighted by Gasteiger charge is -2.32. The number of carbonyl (C=O) groups excluding carboxylic acids is 2. The summed E-state index contributed by atoms with van der Waals surface area (Å²) in [6, 6.07) is 9.61. The van der Waals surface area contributed by atoms with Gasteiger partial charge in [0.05, 0.1) is 11.9 Å². The molecular weight excluding hydrogens is 739 g/mol. The molecule has 5 heterocycles. The van der Waals surface area contributed by atoms with Gasteiger partial charge in [-0.05, 0) is 106 Å². The van der Waals surface area contributed by atoms with E-state index in [0.29, 0.717) is 54.3 Å². The maximum atomic E-state index is 15.3. The summed E-state index contributed by atoms with van der Waals surface area (Å²) in [4.78, 5) is 53.4. The Morgan fingerprint density at radius 1 is 1.00 bits per heavy atom. The molecule has 0 radical (unpaired) electrons. The molecular formula is C40H46F2N10O5. The van der Waals surface area contributed by atoms with Crippen molar-refractivity contribution in [1.29, 1.82) is 0 Å². The van der Waals surface area contributed by atoms with Gasteiger partial charge < -0.3 is 36.0 Å². The number of likely N-dealkylation sites (tertiary alicyclic amines) is 1. The van der Waals surface area contributed by atoms with Gasteiger partial charge in [0.1, 0.15) is 0 Å². The van der Waals surface area contributed by atoms with Crippen LogP contribution in [0.3, 0.4) is 0 Å². The highest BCUT2D eigenvalue weighted by Gasteiger charge is 2.27. The van der Waals surface area contributed by atoms with Gasteiger partial charge in [-0.15, -0.1) is 0 Å². The highest BCUT2D eigenvalue weighted by atomic mass is 19.2. The maximum absolute atomic E-state index is 15.3. The number of benzene rings is 2. The number of carbonyl (C=O) groups is 3. The van der Waals surface area contributed by atoms with Crippen molar-refractivity contribution in [2.24, 2.45) is 11.8 Å². The molecule has 2 aliphatic heterocycles. The number of aryl methyl sites for hydroxylation is 1. The Morgan fingerprint density at radius 3 is 2.51 bits per heavy atom. The summed E-state index contributed by atoms with van der Waals surface area (Å²) in [6.07, 6.45) is 11.7. The molecule has 3 aromatic heterocycles. The molecule has 0 spiro atoms. The van der Waals surface area contributed by atoms with Gasteiger partial charge in [0, 0.05) is 67.2 Å². The largest absolute Gasteiger partial charge is 0.483 e. The second kappa shape index (κ2) is 19.7. The van der Waals surface area contributed by atoms with E-state index in [1.165, 1.54) is 43.3 Å². The fraction of sp³-hybridized carbons (Fsp3) is 0.375. The summed E-state index contributed by atoms with van der Waals surface area (Å²) in [5.74, 6) is -1.55. The molecule has 300 valence electrons. The zero-order chi connectivity index (χ0) is 40.1. The monoisotopic (exact) mass is 784 g/mol. The number of hydrogen-bond donors (Lipinski definition) is 5. The molecule has 5 N–H and O–H groups in total. The minimum absolute atomic E-state index is 0.0204. The minimum Gasteiger partial charge on any atom is -0.483 e. The topological polar surface area (TPSA) is 188 Å². The second-order valence-corrected chi connectivity index (χ2v) is 13.8. The molecule has 2 aliphatic rings. The van der Waals surface area contributed by atoms with Crippen LogP contribution in [0.4, 0.5) is 20.3 Å². The van der Waals surface area contributed by atoms with Crippen LogP contribution in [0.5, 0.6) is 11.8 Å². The molecule has 2 amide bonds. The van der Waals surface area contributed by atoms with Gasteiger partial charge in [0.2, 0.25) is 11.7 Å². The van der Waals surface area contributed by atoms with Crippen LogP contribution in [0, 0.1) is 23.5 Å². The number of aromatic nitrogens is 5. The third-order valence-corrected chi connectivity index (χ3v) is 10.1. The van der Waals surface area contributed by atoms with E-state index in [1.807, 2.05) is 13.0 Å². The maximum Gasteiger partial charge on any atom is 0.321 e. The Morgan fingerprint density at radius 2 is 1.77 bits per heavy atom. The molecule has 1 unspecified atom stereocenters. The Kier molecular flexibility index (Phi) is 14.0. The zero-order valence-corrected chi connectivity index (χ0v) is 31.6. The predicted octanol–water partition coefficient (Wildman–Crippen LogP) is 4.82. The summed E-state index contributed by atoms with van der Waals surface area (Å²) in [5, 5.41) is 19.6. The lowest BCUT2D eigenvalue weighted by molar-refractivity contribution is -0.126. The number of halogens is 2. The first-order valence-corrected chi connectivity index (χ1v) is 19.0. The van der Waals surface area contributed by atoms with Crippen LogP contribution >= 0.6 is 0 Å². The smallest absolute Gasteiger partial charge is 0.321 e. The minimum atomic E-state index is -1.18. The van der Waals surface area contributed by atoms with E-state index < -0.39 is 11.6 Å². The SMILES string of the molecule is CCc1cc(Nc2nccn3c(-c4ccc(Oc5ncccn5)c(F)c4F)cnc23)ccc1C(=O)NCCCNC(=O)C1CCN(CC2CCNC2)CC1.O=CO. The van der Waals surface area contributed by atoms with Crippen LogP contribution in [0.2, 0.25) is 0 Å². The number of ether oxygens (including phenoxy) is 1. The van der Waals surface area contributed by atoms with Gasteiger partial charge >= 0.3 is 6.01 Å². The standard InChI is InChI=1S/C39H44F2N10O3.CH2O2/c1-2-26-21-28(5-6-29(26)38(53)45-13-3-12-44-37(52)27-10-18-50(19-11-27)24-25-9-16-42-22-25)49-35-36-48-23-31(51(36)20-17-43-35)30-7-8-32(34(41)33(30)40)54-39-46-14-4-15-47-39;2-1-3/h4-8,14-15,17,20-21,23,25,27,42H,2-3,9-13,16,18-19,22,24H2,1H3,(H,43,49)(H,44,52)(H,45,53);1H,(H,2,3). The van der Waals surface area contributed by atoms with Crippen molar-refractivity contribution in [3.8, 4) is 23.0 Å². The Labute approximate surface area is 328 Å². The highest BCUT2D eigenvalue weighted by molar-refractivity contribution is 5.96. The number of piperidine rings is 1.